The molecule has 0 heterocycles. The molecule has 2 nitrogen and oxygen atoms in total. The second-order valence-corrected chi connectivity index (χ2v) is 5.37. The Bertz CT molecular complexity index is 316. The Hall–Kier alpha value is -1.05. The summed E-state index contributed by atoms with van der Waals surface area (Å²) < 4.78 is 0. The van der Waals surface area contributed by atoms with E-state index in [2.05, 4.69) is 32.9 Å². The minimum atomic E-state index is -0.666. The van der Waals surface area contributed by atoms with E-state index in [1.54, 1.807) is 0 Å². The Morgan fingerprint density at radius 2 is 1.67 bits per heavy atom. The second-order valence-electron chi connectivity index (χ2n) is 5.37. The topological polar surface area (TPSA) is 37.3 Å². The van der Waals surface area contributed by atoms with Crippen LogP contribution in [0.4, 0.5) is 0 Å². The fraction of sp³-hybridized carbons (Fsp3) is 0.688. The Morgan fingerprint density at radius 3 is 2.06 bits per heavy atom. The molecule has 0 radical (unpaired) electrons. The van der Waals surface area contributed by atoms with E-state index in [1.807, 2.05) is 13.8 Å². The van der Waals surface area contributed by atoms with Crippen molar-refractivity contribution in [2.24, 2.45) is 5.41 Å². The van der Waals surface area contributed by atoms with Crippen LogP contribution in [0.3, 0.4) is 0 Å². The summed E-state index contributed by atoms with van der Waals surface area (Å²) >= 11 is 0. The molecule has 0 atom stereocenters. The summed E-state index contributed by atoms with van der Waals surface area (Å²) in [6.45, 7) is 10.2. The van der Waals surface area contributed by atoms with Crippen LogP contribution in [0.15, 0.2) is 23.3 Å². The maximum atomic E-state index is 11.4. The van der Waals surface area contributed by atoms with Crippen molar-refractivity contribution in [3.05, 3.63) is 23.3 Å². The fourth-order valence-electron chi connectivity index (χ4n) is 1.99. The van der Waals surface area contributed by atoms with Gasteiger partial charge in [-0.15, -0.1) is 0 Å². The Kier molecular flexibility index (Phi) is 7.65. The second kappa shape index (κ2) is 8.12. The van der Waals surface area contributed by atoms with Crippen LogP contribution in [0.2, 0.25) is 0 Å². The Labute approximate surface area is 112 Å². The van der Waals surface area contributed by atoms with Crippen LogP contribution in [0.5, 0.6) is 0 Å². The largest absolute Gasteiger partial charge is 0.481 e. The maximum absolute atomic E-state index is 11.4. The SMILES string of the molecule is CCC(CC)(C/C=C(\C)CCC=C(C)C)C(=O)O. The zero-order valence-electron chi connectivity index (χ0n) is 12.5. The average molecular weight is 252 g/mol. The third-order valence-corrected chi connectivity index (χ3v) is 3.74. The van der Waals surface area contributed by atoms with Crippen LogP contribution in [0.1, 0.15) is 66.7 Å². The van der Waals surface area contributed by atoms with Crippen molar-refractivity contribution in [2.75, 3.05) is 0 Å². The van der Waals surface area contributed by atoms with Gasteiger partial charge in [0.1, 0.15) is 0 Å². The molecule has 104 valence electrons. The molecule has 0 aliphatic carbocycles. The molecule has 0 aliphatic heterocycles. The summed E-state index contributed by atoms with van der Waals surface area (Å²) in [6.07, 6.45) is 8.43. The molecule has 0 aromatic carbocycles. The number of hydrogen-bond donors (Lipinski definition) is 1. The molecule has 0 aromatic heterocycles. The van der Waals surface area contributed by atoms with Gasteiger partial charge in [-0.3, -0.25) is 4.79 Å². The third-order valence-electron chi connectivity index (χ3n) is 3.74. The van der Waals surface area contributed by atoms with Gasteiger partial charge >= 0.3 is 5.97 Å². The summed E-state index contributed by atoms with van der Waals surface area (Å²) in [4.78, 5) is 11.4. The molecule has 0 aliphatic rings. The maximum Gasteiger partial charge on any atom is 0.309 e. The number of aliphatic carboxylic acids is 1. The van der Waals surface area contributed by atoms with Crippen molar-refractivity contribution < 1.29 is 9.90 Å². The molecule has 0 aromatic rings. The van der Waals surface area contributed by atoms with Gasteiger partial charge in [0.05, 0.1) is 5.41 Å². The molecular weight excluding hydrogens is 224 g/mol. The van der Waals surface area contributed by atoms with Gasteiger partial charge in [0.25, 0.3) is 0 Å². The first-order chi connectivity index (χ1) is 8.38. The lowest BCUT2D eigenvalue weighted by Gasteiger charge is -2.25. The van der Waals surface area contributed by atoms with E-state index in [0.29, 0.717) is 19.3 Å². The highest BCUT2D eigenvalue weighted by Crippen LogP contribution is 2.32. The molecule has 1 N–H and O–H groups in total. The average Bonchev–Trinajstić information content (AvgIpc) is 2.30. The summed E-state index contributed by atoms with van der Waals surface area (Å²) in [6, 6.07) is 0. The molecule has 0 saturated heterocycles. The number of allylic oxidation sites excluding steroid dienone is 4. The molecule has 0 amide bonds. The number of carboxylic acids is 1. The van der Waals surface area contributed by atoms with E-state index in [-0.39, 0.29) is 0 Å². The summed E-state index contributed by atoms with van der Waals surface area (Å²) in [5.74, 6) is -0.666. The third kappa shape index (κ3) is 5.52. The highest BCUT2D eigenvalue weighted by atomic mass is 16.4. The van der Waals surface area contributed by atoms with Crippen molar-refractivity contribution in [3.63, 3.8) is 0 Å². The standard InChI is InChI=1S/C16H28O2/c1-6-16(7-2,15(17)18)12-11-14(5)10-8-9-13(3)4/h9,11H,6-8,10,12H2,1-5H3,(H,17,18)/b14-11+. The van der Waals surface area contributed by atoms with Crippen LogP contribution in [0.25, 0.3) is 0 Å². The summed E-state index contributed by atoms with van der Waals surface area (Å²) in [7, 11) is 0. The van der Waals surface area contributed by atoms with Gasteiger partial charge in [-0.25, -0.2) is 0 Å². The predicted molar refractivity (Wildman–Crippen MR) is 77.7 cm³/mol. The van der Waals surface area contributed by atoms with E-state index in [0.717, 1.165) is 12.8 Å². The zero-order chi connectivity index (χ0) is 14.2. The minimum Gasteiger partial charge on any atom is -0.481 e. The lowest BCUT2D eigenvalue weighted by atomic mass is 9.79. The van der Waals surface area contributed by atoms with Crippen LogP contribution in [0, 0.1) is 5.41 Å². The minimum absolute atomic E-state index is 0.572. The lowest BCUT2D eigenvalue weighted by Crippen LogP contribution is -2.29. The number of carboxylic acid groups (broad SMARTS) is 1. The molecule has 0 bridgehead atoms. The highest BCUT2D eigenvalue weighted by Gasteiger charge is 2.33. The first-order valence-corrected chi connectivity index (χ1v) is 6.90. The molecule has 2 heteroatoms. The molecule has 0 unspecified atom stereocenters. The first kappa shape index (κ1) is 16.9. The highest BCUT2D eigenvalue weighted by molar-refractivity contribution is 5.74. The van der Waals surface area contributed by atoms with Gasteiger partial charge in [0.2, 0.25) is 0 Å². The van der Waals surface area contributed by atoms with Crippen LogP contribution in [-0.2, 0) is 4.79 Å². The monoisotopic (exact) mass is 252 g/mol. The summed E-state index contributed by atoms with van der Waals surface area (Å²) in [5.41, 5.74) is 2.06. The number of hydrogen-bond acceptors (Lipinski definition) is 1. The molecular formula is C16H28O2. The van der Waals surface area contributed by atoms with Gasteiger partial charge < -0.3 is 5.11 Å². The van der Waals surface area contributed by atoms with Gasteiger partial charge in [0, 0.05) is 0 Å². The van der Waals surface area contributed by atoms with E-state index in [4.69, 9.17) is 0 Å². The molecule has 0 fully saturated rings. The smallest absolute Gasteiger partial charge is 0.309 e. The fourth-order valence-corrected chi connectivity index (χ4v) is 1.99. The lowest BCUT2D eigenvalue weighted by molar-refractivity contribution is -0.149. The molecule has 0 spiro atoms. The van der Waals surface area contributed by atoms with Crippen LogP contribution < -0.4 is 0 Å². The van der Waals surface area contributed by atoms with Crippen LogP contribution >= 0.6 is 0 Å². The molecule has 0 rings (SSSR count). The van der Waals surface area contributed by atoms with Crippen LogP contribution in [-0.4, -0.2) is 11.1 Å². The van der Waals surface area contributed by atoms with Crippen molar-refractivity contribution in [2.45, 2.75) is 66.7 Å². The molecule has 0 saturated carbocycles. The van der Waals surface area contributed by atoms with Crippen molar-refractivity contribution in [1.82, 2.24) is 0 Å². The Balaban J connectivity index is 4.49. The predicted octanol–water partition coefficient (Wildman–Crippen LogP) is 4.96. The normalized spacial score (nSPS) is 12.4. The Morgan fingerprint density at radius 1 is 1.11 bits per heavy atom. The van der Waals surface area contributed by atoms with Gasteiger partial charge in [0.15, 0.2) is 0 Å². The van der Waals surface area contributed by atoms with E-state index in [9.17, 15) is 9.90 Å². The quantitative estimate of drug-likeness (QED) is 0.620. The van der Waals surface area contributed by atoms with Crippen molar-refractivity contribution in [3.8, 4) is 0 Å². The number of rotatable bonds is 8. The van der Waals surface area contributed by atoms with Gasteiger partial charge in [-0.1, -0.05) is 37.1 Å². The molecule has 18 heavy (non-hydrogen) atoms. The van der Waals surface area contributed by atoms with Gasteiger partial charge in [-0.2, -0.15) is 0 Å². The van der Waals surface area contributed by atoms with Crippen molar-refractivity contribution in [1.29, 1.82) is 0 Å². The zero-order valence-corrected chi connectivity index (χ0v) is 12.5. The van der Waals surface area contributed by atoms with Gasteiger partial charge in [-0.05, 0) is 52.9 Å². The number of carbonyl (C=O) groups is 1. The van der Waals surface area contributed by atoms with Crippen molar-refractivity contribution >= 4 is 5.97 Å². The first-order valence-electron chi connectivity index (χ1n) is 6.90. The van der Waals surface area contributed by atoms with E-state index >= 15 is 0 Å². The van der Waals surface area contributed by atoms with E-state index in [1.165, 1.54) is 11.1 Å². The summed E-state index contributed by atoms with van der Waals surface area (Å²) in [5, 5.41) is 9.35. The van der Waals surface area contributed by atoms with E-state index < -0.39 is 11.4 Å².